The largest absolute Gasteiger partial charge is 0.382 e. The van der Waals surface area contributed by atoms with E-state index < -0.39 is 5.60 Å². The van der Waals surface area contributed by atoms with E-state index in [0.717, 1.165) is 5.56 Å². The number of nitrogens with one attached hydrogen (secondary N) is 1. The maximum absolute atomic E-state index is 11.6. The number of carbonyl (C=O) groups is 1. The molecule has 1 heterocycles. The Labute approximate surface area is 112 Å². The molecule has 5 heteroatoms. The number of hydrogen-bond acceptors (Lipinski definition) is 4. The lowest BCUT2D eigenvalue weighted by molar-refractivity contribution is -0.118. The van der Waals surface area contributed by atoms with Gasteiger partial charge in [0.15, 0.2) is 0 Å². The Morgan fingerprint density at radius 1 is 1.56 bits per heavy atom. The summed E-state index contributed by atoms with van der Waals surface area (Å²) < 4.78 is 10.4. The van der Waals surface area contributed by atoms with Crippen LogP contribution in [-0.2, 0) is 14.3 Å². The number of hydrogen-bond donors (Lipinski definition) is 1. The summed E-state index contributed by atoms with van der Waals surface area (Å²) in [7, 11) is 3.21. The second-order valence-electron chi connectivity index (χ2n) is 4.19. The minimum absolute atomic E-state index is 0.138. The highest BCUT2D eigenvalue weighted by atomic mass is 32.1. The molecule has 0 fully saturated rings. The normalized spacial score (nSPS) is 14.6. The van der Waals surface area contributed by atoms with Gasteiger partial charge in [-0.3, -0.25) is 4.79 Å². The molecule has 0 aliphatic rings. The van der Waals surface area contributed by atoms with Gasteiger partial charge in [0.1, 0.15) is 5.60 Å². The van der Waals surface area contributed by atoms with Crippen LogP contribution in [0.5, 0.6) is 0 Å². The van der Waals surface area contributed by atoms with Crippen LogP contribution < -0.4 is 5.32 Å². The Bertz CT molecular complexity index is 389. The SMILES string of the molecule is COCC(C)(CNC(=O)C=Cc1ccsc1)OC. The maximum atomic E-state index is 11.6. The highest BCUT2D eigenvalue weighted by Gasteiger charge is 2.23. The third-order valence-corrected chi connectivity index (χ3v) is 3.25. The fourth-order valence-corrected chi connectivity index (χ4v) is 1.99. The van der Waals surface area contributed by atoms with Crippen LogP contribution in [0.2, 0.25) is 0 Å². The minimum Gasteiger partial charge on any atom is -0.382 e. The molecule has 4 nitrogen and oxygen atoms in total. The lowest BCUT2D eigenvalue weighted by Crippen LogP contribution is -2.45. The first-order chi connectivity index (χ1) is 8.59. The number of amides is 1. The fourth-order valence-electron chi connectivity index (χ4n) is 1.36. The van der Waals surface area contributed by atoms with Crippen molar-refractivity contribution in [2.75, 3.05) is 27.4 Å². The second-order valence-corrected chi connectivity index (χ2v) is 4.97. The van der Waals surface area contributed by atoms with Crippen LogP contribution in [-0.4, -0.2) is 38.9 Å². The van der Waals surface area contributed by atoms with Crippen LogP contribution in [0, 0.1) is 0 Å². The third kappa shape index (κ3) is 5.00. The Morgan fingerprint density at radius 3 is 2.89 bits per heavy atom. The predicted octanol–water partition coefficient (Wildman–Crippen LogP) is 1.93. The van der Waals surface area contributed by atoms with Gasteiger partial charge >= 0.3 is 0 Å². The molecule has 0 aromatic carbocycles. The summed E-state index contributed by atoms with van der Waals surface area (Å²) in [5, 5.41) is 6.74. The topological polar surface area (TPSA) is 47.6 Å². The van der Waals surface area contributed by atoms with Crippen LogP contribution >= 0.6 is 11.3 Å². The van der Waals surface area contributed by atoms with Crippen molar-refractivity contribution in [2.45, 2.75) is 12.5 Å². The first-order valence-corrected chi connectivity index (χ1v) is 6.56. The van der Waals surface area contributed by atoms with Crippen molar-refractivity contribution in [2.24, 2.45) is 0 Å². The number of ether oxygens (including phenoxy) is 2. The van der Waals surface area contributed by atoms with Gasteiger partial charge in [-0.15, -0.1) is 0 Å². The van der Waals surface area contributed by atoms with E-state index in [2.05, 4.69) is 5.32 Å². The van der Waals surface area contributed by atoms with E-state index in [1.807, 2.05) is 23.8 Å². The molecular weight excluding hydrogens is 250 g/mol. The van der Waals surface area contributed by atoms with Gasteiger partial charge in [-0.05, 0) is 35.4 Å². The molecule has 0 aliphatic heterocycles. The summed E-state index contributed by atoms with van der Waals surface area (Å²) >= 11 is 1.60. The van der Waals surface area contributed by atoms with Crippen LogP contribution in [0.1, 0.15) is 12.5 Å². The summed E-state index contributed by atoms with van der Waals surface area (Å²) in [5.74, 6) is -0.138. The lowest BCUT2D eigenvalue weighted by atomic mass is 10.1. The van der Waals surface area contributed by atoms with Crippen LogP contribution in [0.4, 0.5) is 0 Å². The van der Waals surface area contributed by atoms with Gasteiger partial charge in [0.05, 0.1) is 6.61 Å². The molecule has 1 atom stereocenters. The third-order valence-electron chi connectivity index (χ3n) is 2.55. The van der Waals surface area contributed by atoms with Crippen LogP contribution in [0.15, 0.2) is 22.9 Å². The zero-order chi connectivity index (χ0) is 13.4. The molecule has 1 aromatic heterocycles. The monoisotopic (exact) mass is 269 g/mol. The van der Waals surface area contributed by atoms with Gasteiger partial charge in [-0.1, -0.05) is 0 Å². The summed E-state index contributed by atoms with van der Waals surface area (Å²) in [6, 6.07) is 1.96. The van der Waals surface area contributed by atoms with Gasteiger partial charge in [-0.2, -0.15) is 11.3 Å². The van der Waals surface area contributed by atoms with Crippen molar-refractivity contribution in [3.8, 4) is 0 Å². The Hall–Kier alpha value is -1.17. The zero-order valence-electron chi connectivity index (χ0n) is 10.9. The lowest BCUT2D eigenvalue weighted by Gasteiger charge is -2.27. The van der Waals surface area contributed by atoms with Crippen molar-refractivity contribution in [3.05, 3.63) is 28.5 Å². The smallest absolute Gasteiger partial charge is 0.244 e. The summed E-state index contributed by atoms with van der Waals surface area (Å²) in [6.07, 6.45) is 3.30. The van der Waals surface area contributed by atoms with E-state index in [-0.39, 0.29) is 5.91 Å². The molecule has 0 saturated carbocycles. The molecular formula is C13H19NO3S. The van der Waals surface area contributed by atoms with Crippen molar-refractivity contribution in [3.63, 3.8) is 0 Å². The minimum atomic E-state index is -0.499. The molecule has 100 valence electrons. The summed E-state index contributed by atoms with van der Waals surface area (Å²) in [4.78, 5) is 11.6. The number of rotatable bonds is 7. The molecule has 18 heavy (non-hydrogen) atoms. The average molecular weight is 269 g/mol. The molecule has 1 N–H and O–H groups in total. The first-order valence-electron chi connectivity index (χ1n) is 5.62. The first kappa shape index (κ1) is 14.9. The van der Waals surface area contributed by atoms with Gasteiger partial charge in [0, 0.05) is 26.8 Å². The average Bonchev–Trinajstić information content (AvgIpc) is 2.87. The Kier molecular flexibility index (Phi) is 6.04. The van der Waals surface area contributed by atoms with Crippen LogP contribution in [0.3, 0.4) is 0 Å². The molecule has 0 bridgehead atoms. The summed E-state index contributed by atoms with van der Waals surface area (Å²) in [6.45, 7) is 2.72. The highest BCUT2D eigenvalue weighted by molar-refractivity contribution is 7.08. The van der Waals surface area contributed by atoms with Crippen molar-refractivity contribution >= 4 is 23.3 Å². The predicted molar refractivity (Wildman–Crippen MR) is 73.7 cm³/mol. The van der Waals surface area contributed by atoms with E-state index >= 15 is 0 Å². The Balaban J connectivity index is 2.41. The van der Waals surface area contributed by atoms with Crippen LogP contribution in [0.25, 0.3) is 6.08 Å². The van der Waals surface area contributed by atoms with Crippen molar-refractivity contribution in [1.29, 1.82) is 0 Å². The van der Waals surface area contributed by atoms with E-state index in [0.29, 0.717) is 13.2 Å². The second kappa shape index (κ2) is 7.31. The van der Waals surface area contributed by atoms with E-state index in [1.165, 1.54) is 6.08 Å². The molecule has 1 aromatic rings. The Morgan fingerprint density at radius 2 is 2.33 bits per heavy atom. The summed E-state index contributed by atoms with van der Waals surface area (Å²) in [5.41, 5.74) is 0.530. The fraction of sp³-hybridized carbons (Fsp3) is 0.462. The van der Waals surface area contributed by atoms with Gasteiger partial charge in [-0.25, -0.2) is 0 Å². The molecule has 0 saturated heterocycles. The van der Waals surface area contributed by atoms with Crippen molar-refractivity contribution in [1.82, 2.24) is 5.32 Å². The molecule has 1 rings (SSSR count). The standard InChI is InChI=1S/C13H19NO3S/c1-13(17-3,10-16-2)9-14-12(15)5-4-11-6-7-18-8-11/h4-8H,9-10H2,1-3H3,(H,14,15). The molecule has 1 amide bonds. The van der Waals surface area contributed by atoms with E-state index in [4.69, 9.17) is 9.47 Å². The number of carbonyl (C=O) groups excluding carboxylic acids is 1. The molecule has 0 spiro atoms. The quantitative estimate of drug-likeness (QED) is 0.769. The number of thiophene rings is 1. The van der Waals surface area contributed by atoms with Gasteiger partial charge in [0.2, 0.25) is 5.91 Å². The number of methoxy groups -OCH3 is 2. The highest BCUT2D eigenvalue weighted by Crippen LogP contribution is 2.09. The van der Waals surface area contributed by atoms with E-state index in [1.54, 1.807) is 31.6 Å². The molecule has 0 radical (unpaired) electrons. The zero-order valence-corrected chi connectivity index (χ0v) is 11.8. The van der Waals surface area contributed by atoms with Gasteiger partial charge in [0.25, 0.3) is 0 Å². The van der Waals surface area contributed by atoms with Gasteiger partial charge < -0.3 is 14.8 Å². The molecule has 1 unspecified atom stereocenters. The van der Waals surface area contributed by atoms with Crippen molar-refractivity contribution < 1.29 is 14.3 Å². The maximum Gasteiger partial charge on any atom is 0.244 e. The van der Waals surface area contributed by atoms with E-state index in [9.17, 15) is 4.79 Å². The molecule has 0 aliphatic carbocycles.